The average molecular weight is 401 g/mol. The van der Waals surface area contributed by atoms with Gasteiger partial charge in [0.05, 0.1) is 10.7 Å². The second-order valence-corrected chi connectivity index (χ2v) is 8.51. The van der Waals surface area contributed by atoms with Crippen molar-refractivity contribution < 1.29 is 4.63 Å². The second kappa shape index (κ2) is 7.59. The van der Waals surface area contributed by atoms with Crippen LogP contribution in [0.25, 0.3) is 11.3 Å². The van der Waals surface area contributed by atoms with Gasteiger partial charge in [0.1, 0.15) is 0 Å². The third kappa shape index (κ3) is 3.53. The zero-order chi connectivity index (χ0) is 18.9. The van der Waals surface area contributed by atoms with Gasteiger partial charge in [-0.15, -0.1) is 11.3 Å². The van der Waals surface area contributed by atoms with E-state index >= 15 is 0 Å². The molecule has 0 radical (unpaired) electrons. The Morgan fingerprint density at radius 2 is 1.50 bits per heavy atom. The summed E-state index contributed by atoms with van der Waals surface area (Å²) < 4.78 is 4.86. The number of anilines is 2. The fourth-order valence-corrected chi connectivity index (χ4v) is 4.58. The van der Waals surface area contributed by atoms with Gasteiger partial charge in [-0.2, -0.15) is 0 Å². The lowest BCUT2D eigenvalue weighted by molar-refractivity contribution is 0.247. The summed E-state index contributed by atoms with van der Waals surface area (Å²) in [4.78, 5) is 21.2. The van der Waals surface area contributed by atoms with E-state index in [9.17, 15) is 0 Å². The number of hydrogen-bond acceptors (Lipinski definition) is 10. The summed E-state index contributed by atoms with van der Waals surface area (Å²) >= 11 is 1.72. The lowest BCUT2D eigenvalue weighted by Crippen LogP contribution is -2.47. The number of hydrogen-bond donors (Lipinski definition) is 0. The van der Waals surface area contributed by atoms with Gasteiger partial charge in [0, 0.05) is 51.2 Å². The van der Waals surface area contributed by atoms with Crippen molar-refractivity contribution in [2.75, 3.05) is 49.1 Å². The van der Waals surface area contributed by atoms with Crippen LogP contribution in [0.4, 0.5) is 11.6 Å². The minimum absolute atomic E-state index is 0.483. The van der Waals surface area contributed by atoms with Crippen LogP contribution in [0.15, 0.2) is 10.0 Å². The molecule has 3 aromatic rings. The van der Waals surface area contributed by atoms with E-state index in [1.54, 1.807) is 11.3 Å². The Morgan fingerprint density at radius 3 is 2.11 bits per heavy atom. The van der Waals surface area contributed by atoms with Crippen molar-refractivity contribution in [3.8, 4) is 0 Å². The Bertz CT molecular complexity index is 942. The molecule has 0 bridgehead atoms. The number of aromatic nitrogens is 5. The molecule has 0 spiro atoms. The quantitative estimate of drug-likeness (QED) is 0.653. The summed E-state index contributed by atoms with van der Waals surface area (Å²) in [6.45, 7) is 8.78. The summed E-state index contributed by atoms with van der Waals surface area (Å²) in [6, 6.07) is 0. The second-order valence-electron chi connectivity index (χ2n) is 7.45. The first-order valence-corrected chi connectivity index (χ1v) is 10.8. The highest BCUT2D eigenvalue weighted by atomic mass is 32.1. The van der Waals surface area contributed by atoms with Gasteiger partial charge < -0.3 is 9.80 Å². The van der Waals surface area contributed by atoms with E-state index in [4.69, 9.17) is 14.6 Å². The molecule has 0 amide bonds. The minimum Gasteiger partial charge on any atom is -0.353 e. The zero-order valence-electron chi connectivity index (χ0n) is 16.0. The molecule has 148 valence electrons. The van der Waals surface area contributed by atoms with E-state index in [2.05, 4.69) is 42.3 Å². The zero-order valence-corrected chi connectivity index (χ0v) is 16.9. The van der Waals surface area contributed by atoms with Gasteiger partial charge in [0.2, 0.25) is 11.3 Å². The number of fused-ring (bicyclic) bond motifs is 1. The molecule has 2 fully saturated rings. The van der Waals surface area contributed by atoms with E-state index in [1.807, 2.05) is 0 Å². The summed E-state index contributed by atoms with van der Waals surface area (Å²) in [5.74, 6) is 1.83. The van der Waals surface area contributed by atoms with Crippen molar-refractivity contribution in [3.63, 3.8) is 0 Å². The SMILES string of the molecule is Cc1nc(CN2CCN(c3nc4nonc4nc3N3CCCCC3)CC2)cs1. The lowest BCUT2D eigenvalue weighted by atomic mass is 10.1. The number of piperidine rings is 1. The summed E-state index contributed by atoms with van der Waals surface area (Å²) in [6.07, 6.45) is 3.66. The summed E-state index contributed by atoms with van der Waals surface area (Å²) in [5, 5.41) is 11.1. The Kier molecular flexibility index (Phi) is 4.81. The van der Waals surface area contributed by atoms with E-state index in [0.29, 0.717) is 11.3 Å². The monoisotopic (exact) mass is 400 g/mol. The van der Waals surface area contributed by atoms with Crippen LogP contribution >= 0.6 is 11.3 Å². The summed E-state index contributed by atoms with van der Waals surface area (Å²) in [7, 11) is 0. The molecule has 28 heavy (non-hydrogen) atoms. The van der Waals surface area contributed by atoms with Crippen molar-refractivity contribution in [2.45, 2.75) is 32.7 Å². The van der Waals surface area contributed by atoms with Crippen LogP contribution in [0, 0.1) is 6.92 Å². The largest absolute Gasteiger partial charge is 0.353 e. The molecular formula is C18H24N8OS. The smallest absolute Gasteiger partial charge is 0.245 e. The van der Waals surface area contributed by atoms with Crippen LogP contribution in [0.5, 0.6) is 0 Å². The molecule has 0 saturated carbocycles. The van der Waals surface area contributed by atoms with Crippen LogP contribution in [0.1, 0.15) is 30.0 Å². The number of nitrogens with zero attached hydrogens (tertiary/aromatic N) is 8. The highest BCUT2D eigenvalue weighted by molar-refractivity contribution is 7.09. The maximum Gasteiger partial charge on any atom is 0.245 e. The summed E-state index contributed by atoms with van der Waals surface area (Å²) in [5.41, 5.74) is 2.14. The molecule has 0 aromatic carbocycles. The first-order valence-electron chi connectivity index (χ1n) is 9.90. The Hall–Kier alpha value is -2.33. The predicted octanol–water partition coefficient (Wildman–Crippen LogP) is 2.09. The fourth-order valence-electron chi connectivity index (χ4n) is 3.98. The number of piperazine rings is 1. The van der Waals surface area contributed by atoms with E-state index in [-0.39, 0.29) is 0 Å². The highest BCUT2D eigenvalue weighted by Crippen LogP contribution is 2.30. The van der Waals surface area contributed by atoms with Gasteiger partial charge >= 0.3 is 0 Å². The van der Waals surface area contributed by atoms with Crippen LogP contribution in [0.2, 0.25) is 0 Å². The number of rotatable bonds is 4. The molecule has 5 rings (SSSR count). The molecule has 5 heterocycles. The molecule has 10 heteroatoms. The molecule has 2 aliphatic rings. The van der Waals surface area contributed by atoms with Gasteiger partial charge in [-0.1, -0.05) is 0 Å². The van der Waals surface area contributed by atoms with Crippen molar-refractivity contribution in [1.29, 1.82) is 0 Å². The number of thiazole rings is 1. The first-order chi connectivity index (χ1) is 13.8. The molecule has 9 nitrogen and oxygen atoms in total. The van der Waals surface area contributed by atoms with Gasteiger partial charge in [-0.05, 0) is 36.5 Å². The van der Waals surface area contributed by atoms with Crippen molar-refractivity contribution in [3.05, 3.63) is 16.1 Å². The van der Waals surface area contributed by atoms with Crippen LogP contribution in [0.3, 0.4) is 0 Å². The van der Waals surface area contributed by atoms with Crippen LogP contribution in [-0.4, -0.2) is 69.4 Å². The Labute approximate surface area is 167 Å². The van der Waals surface area contributed by atoms with E-state index in [0.717, 1.165) is 62.5 Å². The van der Waals surface area contributed by atoms with Crippen LogP contribution < -0.4 is 9.80 Å². The molecule has 0 atom stereocenters. The molecule has 0 N–H and O–H groups in total. The third-order valence-electron chi connectivity index (χ3n) is 5.46. The van der Waals surface area contributed by atoms with Gasteiger partial charge in [0.15, 0.2) is 11.6 Å². The minimum atomic E-state index is 0.483. The third-order valence-corrected chi connectivity index (χ3v) is 6.28. The maximum atomic E-state index is 4.86. The highest BCUT2D eigenvalue weighted by Gasteiger charge is 2.26. The Morgan fingerprint density at radius 1 is 0.857 bits per heavy atom. The van der Waals surface area contributed by atoms with Crippen molar-refractivity contribution in [2.24, 2.45) is 0 Å². The van der Waals surface area contributed by atoms with E-state index in [1.165, 1.54) is 25.0 Å². The topological polar surface area (TPSA) is 87.3 Å². The standard InChI is InChI=1S/C18H24N8OS/c1-13-19-14(12-28-13)11-24-7-9-26(10-8-24)18-17(25-5-3-2-4-6-25)20-15-16(21-18)23-27-22-15/h12H,2-11H2,1H3. The van der Waals surface area contributed by atoms with Gasteiger partial charge in [0.25, 0.3) is 0 Å². The normalized spacial score (nSPS) is 18.9. The maximum absolute atomic E-state index is 4.86. The average Bonchev–Trinajstić information content (AvgIpc) is 3.36. The lowest BCUT2D eigenvalue weighted by Gasteiger charge is -2.37. The number of aryl methyl sites for hydroxylation is 1. The van der Waals surface area contributed by atoms with Crippen molar-refractivity contribution in [1.82, 2.24) is 30.2 Å². The molecule has 3 aromatic heterocycles. The molecular weight excluding hydrogens is 376 g/mol. The Balaban J connectivity index is 1.35. The predicted molar refractivity (Wildman–Crippen MR) is 108 cm³/mol. The van der Waals surface area contributed by atoms with Gasteiger partial charge in [-0.3, -0.25) is 4.90 Å². The van der Waals surface area contributed by atoms with E-state index < -0.39 is 0 Å². The first kappa shape index (κ1) is 17.7. The molecule has 0 aliphatic carbocycles. The molecule has 0 unspecified atom stereocenters. The van der Waals surface area contributed by atoms with Crippen molar-refractivity contribution >= 4 is 34.3 Å². The fraction of sp³-hybridized carbons (Fsp3) is 0.611. The van der Waals surface area contributed by atoms with Crippen LogP contribution in [-0.2, 0) is 6.54 Å². The van der Waals surface area contributed by atoms with Gasteiger partial charge in [-0.25, -0.2) is 19.6 Å². The molecule has 2 saturated heterocycles. The molecule has 2 aliphatic heterocycles.